The smallest absolute Gasteiger partial charge is 0.226 e. The molecule has 0 aromatic carbocycles. The minimum Gasteiger partial charge on any atom is -0.354 e. The predicted molar refractivity (Wildman–Crippen MR) is 91.1 cm³/mol. The average Bonchev–Trinajstić information content (AvgIpc) is 2.84. The summed E-state index contributed by atoms with van der Waals surface area (Å²) in [7, 11) is 0. The van der Waals surface area contributed by atoms with Crippen molar-refractivity contribution in [3.05, 3.63) is 0 Å². The lowest BCUT2D eigenvalue weighted by Crippen LogP contribution is -2.60. The van der Waals surface area contributed by atoms with Crippen LogP contribution in [0.3, 0.4) is 0 Å². The summed E-state index contributed by atoms with van der Waals surface area (Å²) < 4.78 is 0. The lowest BCUT2D eigenvalue weighted by atomic mass is 9.40. The van der Waals surface area contributed by atoms with Crippen LogP contribution in [0.15, 0.2) is 0 Å². The first-order valence-electron chi connectivity index (χ1n) is 8.92. The molecule has 3 atom stereocenters. The van der Waals surface area contributed by atoms with E-state index in [1.54, 1.807) is 0 Å². The minimum absolute atomic E-state index is 0. The number of halogens is 1. The van der Waals surface area contributed by atoms with Gasteiger partial charge < -0.3 is 10.6 Å². The van der Waals surface area contributed by atoms with Gasteiger partial charge in [-0.25, -0.2) is 0 Å². The second-order valence-electron chi connectivity index (χ2n) is 9.41. The van der Waals surface area contributed by atoms with Gasteiger partial charge >= 0.3 is 0 Å². The van der Waals surface area contributed by atoms with E-state index >= 15 is 0 Å². The van der Waals surface area contributed by atoms with Crippen LogP contribution in [0.2, 0.25) is 0 Å². The van der Waals surface area contributed by atoms with Crippen molar-refractivity contribution < 1.29 is 4.79 Å². The SMILES string of the molecule is CC12CC3CC(C)(C1)CC(C(=O)NCC1CCCN1)(C3)C2.Cl. The monoisotopic (exact) mass is 326 g/mol. The zero-order valence-electron chi connectivity index (χ0n) is 14.0. The summed E-state index contributed by atoms with van der Waals surface area (Å²) in [4.78, 5) is 13.0. The Hall–Kier alpha value is -0.280. The van der Waals surface area contributed by atoms with Gasteiger partial charge in [0.15, 0.2) is 0 Å². The minimum atomic E-state index is -0.0402. The molecule has 0 aromatic heterocycles. The molecule has 1 heterocycles. The van der Waals surface area contributed by atoms with Gasteiger partial charge in [-0.2, -0.15) is 0 Å². The van der Waals surface area contributed by atoms with Gasteiger partial charge in [0.1, 0.15) is 0 Å². The zero-order chi connectivity index (χ0) is 14.7. The molecule has 1 saturated heterocycles. The van der Waals surface area contributed by atoms with Gasteiger partial charge in [-0.05, 0) is 74.7 Å². The Morgan fingerprint density at radius 1 is 1.14 bits per heavy atom. The first-order valence-corrected chi connectivity index (χ1v) is 8.92. The number of hydrogen-bond acceptors (Lipinski definition) is 2. The molecule has 5 aliphatic rings. The summed E-state index contributed by atoms with van der Waals surface area (Å²) >= 11 is 0. The molecule has 0 radical (unpaired) electrons. The Morgan fingerprint density at radius 3 is 2.36 bits per heavy atom. The molecule has 3 nitrogen and oxygen atoms in total. The number of rotatable bonds is 3. The van der Waals surface area contributed by atoms with Crippen LogP contribution < -0.4 is 10.6 Å². The maximum atomic E-state index is 13.0. The van der Waals surface area contributed by atoms with Crippen molar-refractivity contribution in [1.29, 1.82) is 0 Å². The number of carbonyl (C=O) groups is 1. The molecule has 5 fully saturated rings. The third-order valence-corrected chi connectivity index (χ3v) is 6.78. The zero-order valence-corrected chi connectivity index (χ0v) is 14.9. The van der Waals surface area contributed by atoms with Crippen molar-refractivity contribution in [2.75, 3.05) is 13.1 Å². The van der Waals surface area contributed by atoms with Crippen molar-refractivity contribution >= 4 is 18.3 Å². The van der Waals surface area contributed by atoms with Crippen molar-refractivity contribution in [1.82, 2.24) is 10.6 Å². The molecule has 5 rings (SSSR count). The van der Waals surface area contributed by atoms with E-state index in [1.165, 1.54) is 32.1 Å². The first-order chi connectivity index (χ1) is 9.91. The summed E-state index contributed by atoms with van der Waals surface area (Å²) in [5.41, 5.74) is 0.815. The van der Waals surface area contributed by atoms with Gasteiger partial charge in [0.05, 0.1) is 5.41 Å². The van der Waals surface area contributed by atoms with E-state index in [0.29, 0.717) is 22.8 Å². The maximum absolute atomic E-state index is 13.0. The largest absolute Gasteiger partial charge is 0.354 e. The van der Waals surface area contributed by atoms with E-state index in [0.717, 1.165) is 38.3 Å². The van der Waals surface area contributed by atoms with E-state index in [9.17, 15) is 4.79 Å². The molecule has 2 N–H and O–H groups in total. The second kappa shape index (κ2) is 5.37. The van der Waals surface area contributed by atoms with E-state index in [1.807, 2.05) is 0 Å². The number of nitrogens with one attached hydrogen (secondary N) is 2. The van der Waals surface area contributed by atoms with Gasteiger partial charge in [-0.3, -0.25) is 4.79 Å². The van der Waals surface area contributed by atoms with Crippen LogP contribution in [0.4, 0.5) is 0 Å². The molecular formula is C18H31ClN2O. The van der Waals surface area contributed by atoms with Gasteiger partial charge in [-0.1, -0.05) is 13.8 Å². The van der Waals surface area contributed by atoms with Crippen LogP contribution in [0.5, 0.6) is 0 Å². The number of carbonyl (C=O) groups excluding carboxylic acids is 1. The third kappa shape index (κ3) is 2.69. The molecule has 3 unspecified atom stereocenters. The number of hydrogen-bond donors (Lipinski definition) is 2. The van der Waals surface area contributed by atoms with Gasteiger partial charge in [0, 0.05) is 12.6 Å². The lowest BCUT2D eigenvalue weighted by Gasteiger charge is -2.64. The summed E-state index contributed by atoms with van der Waals surface area (Å²) in [5, 5.41) is 6.80. The van der Waals surface area contributed by atoms with Crippen LogP contribution >= 0.6 is 12.4 Å². The van der Waals surface area contributed by atoms with Crippen LogP contribution in [-0.2, 0) is 4.79 Å². The highest BCUT2D eigenvalue weighted by molar-refractivity contribution is 5.85. The molecule has 126 valence electrons. The first kappa shape index (κ1) is 16.6. The van der Waals surface area contributed by atoms with E-state index in [2.05, 4.69) is 24.5 Å². The van der Waals surface area contributed by atoms with Crippen molar-refractivity contribution in [3.8, 4) is 0 Å². The quantitative estimate of drug-likeness (QED) is 0.835. The molecule has 0 aromatic rings. The molecule has 4 heteroatoms. The Kier molecular flexibility index (Phi) is 4.05. The van der Waals surface area contributed by atoms with Crippen molar-refractivity contribution in [2.45, 2.75) is 71.3 Å². The fraction of sp³-hybridized carbons (Fsp3) is 0.944. The Balaban J connectivity index is 0.00000144. The molecule has 0 spiro atoms. The van der Waals surface area contributed by atoms with Crippen LogP contribution in [0, 0.1) is 22.2 Å². The van der Waals surface area contributed by atoms with Crippen molar-refractivity contribution in [3.63, 3.8) is 0 Å². The average molecular weight is 327 g/mol. The fourth-order valence-corrected chi connectivity index (χ4v) is 7.04. The highest BCUT2D eigenvalue weighted by Crippen LogP contribution is 2.69. The molecule has 1 amide bonds. The third-order valence-electron chi connectivity index (χ3n) is 6.78. The maximum Gasteiger partial charge on any atom is 0.226 e. The van der Waals surface area contributed by atoms with Gasteiger partial charge in [0.2, 0.25) is 5.91 Å². The van der Waals surface area contributed by atoms with Gasteiger partial charge in [0.25, 0.3) is 0 Å². The molecule has 1 aliphatic heterocycles. The molecular weight excluding hydrogens is 296 g/mol. The summed E-state index contributed by atoms with van der Waals surface area (Å²) in [6.07, 6.45) is 9.96. The Bertz CT molecular complexity index is 442. The number of amides is 1. The Labute approximate surface area is 140 Å². The normalized spacial score (nSPS) is 49.0. The van der Waals surface area contributed by atoms with Crippen molar-refractivity contribution in [2.24, 2.45) is 22.2 Å². The predicted octanol–water partition coefficient (Wildman–Crippen LogP) is 3.27. The topological polar surface area (TPSA) is 41.1 Å². The van der Waals surface area contributed by atoms with E-state index in [4.69, 9.17) is 0 Å². The highest BCUT2D eigenvalue weighted by Gasteiger charge is 2.62. The van der Waals surface area contributed by atoms with Crippen LogP contribution in [-0.4, -0.2) is 25.0 Å². The summed E-state index contributed by atoms with van der Waals surface area (Å²) in [6.45, 7) is 6.83. The molecule has 4 saturated carbocycles. The second-order valence-corrected chi connectivity index (χ2v) is 9.41. The Morgan fingerprint density at radius 2 is 1.82 bits per heavy atom. The van der Waals surface area contributed by atoms with Crippen LogP contribution in [0.25, 0.3) is 0 Å². The summed E-state index contributed by atoms with van der Waals surface area (Å²) in [5.74, 6) is 1.17. The van der Waals surface area contributed by atoms with E-state index < -0.39 is 0 Å². The molecule has 4 bridgehead atoms. The van der Waals surface area contributed by atoms with Crippen LogP contribution in [0.1, 0.15) is 65.2 Å². The standard InChI is InChI=1S/C18H30N2O.ClH/c1-16-6-13-7-17(2,10-16)12-18(8-13,11-16)15(21)20-9-14-4-3-5-19-14;/h13-14,19H,3-12H2,1-2H3,(H,20,21);1H. The fourth-order valence-electron chi connectivity index (χ4n) is 7.04. The highest BCUT2D eigenvalue weighted by atomic mass is 35.5. The van der Waals surface area contributed by atoms with Gasteiger partial charge in [-0.15, -0.1) is 12.4 Å². The molecule has 4 aliphatic carbocycles. The van der Waals surface area contributed by atoms with E-state index in [-0.39, 0.29) is 17.8 Å². The summed E-state index contributed by atoms with van der Waals surface area (Å²) in [6, 6.07) is 0.508. The molecule has 22 heavy (non-hydrogen) atoms. The lowest BCUT2D eigenvalue weighted by molar-refractivity contribution is -0.170.